The number of thioether (sulfide) groups is 1. The molecule has 1 amide bonds. The van der Waals surface area contributed by atoms with Gasteiger partial charge in [-0.1, -0.05) is 20.8 Å². The molecule has 0 radical (unpaired) electrons. The zero-order chi connectivity index (χ0) is 12.8. The van der Waals surface area contributed by atoms with E-state index < -0.39 is 0 Å². The van der Waals surface area contributed by atoms with Crippen LogP contribution in [0.15, 0.2) is 6.33 Å². The highest BCUT2D eigenvalue weighted by atomic mass is 32.2. The maximum atomic E-state index is 11.7. The summed E-state index contributed by atoms with van der Waals surface area (Å²) >= 11 is 1.62. The second-order valence-electron chi connectivity index (χ2n) is 4.17. The molecule has 0 saturated heterocycles. The first-order chi connectivity index (χ1) is 8.06. The monoisotopic (exact) mass is 256 g/mol. The topological polar surface area (TPSA) is 59.8 Å². The van der Waals surface area contributed by atoms with Gasteiger partial charge < -0.3 is 5.32 Å². The van der Waals surface area contributed by atoms with Gasteiger partial charge >= 0.3 is 0 Å². The Morgan fingerprint density at radius 3 is 2.76 bits per heavy atom. The van der Waals surface area contributed by atoms with E-state index in [2.05, 4.69) is 29.2 Å². The Hall–Kier alpha value is -1.04. The van der Waals surface area contributed by atoms with Gasteiger partial charge in [0.1, 0.15) is 12.2 Å². The molecule has 1 aromatic heterocycles. The molecule has 0 bridgehead atoms. The van der Waals surface area contributed by atoms with Gasteiger partial charge in [-0.3, -0.25) is 9.48 Å². The largest absolute Gasteiger partial charge is 0.345 e. The van der Waals surface area contributed by atoms with Crippen molar-refractivity contribution >= 4 is 17.7 Å². The van der Waals surface area contributed by atoms with Gasteiger partial charge in [-0.25, -0.2) is 4.98 Å². The second kappa shape index (κ2) is 6.64. The quantitative estimate of drug-likeness (QED) is 0.835. The van der Waals surface area contributed by atoms with Crippen molar-refractivity contribution in [3.63, 3.8) is 0 Å². The molecule has 1 aromatic rings. The number of hydrogen-bond acceptors (Lipinski definition) is 4. The van der Waals surface area contributed by atoms with E-state index in [1.165, 1.54) is 6.33 Å². The van der Waals surface area contributed by atoms with Gasteiger partial charge in [-0.05, 0) is 11.7 Å². The van der Waals surface area contributed by atoms with Gasteiger partial charge in [0, 0.05) is 7.05 Å². The summed E-state index contributed by atoms with van der Waals surface area (Å²) in [4.78, 5) is 15.9. The van der Waals surface area contributed by atoms with Gasteiger partial charge in [-0.2, -0.15) is 16.9 Å². The molecule has 5 nitrogen and oxygen atoms in total. The van der Waals surface area contributed by atoms with E-state index in [1.54, 1.807) is 16.4 Å². The van der Waals surface area contributed by atoms with Crippen molar-refractivity contribution in [1.82, 2.24) is 20.1 Å². The molecule has 0 aliphatic carbocycles. The summed E-state index contributed by atoms with van der Waals surface area (Å²) in [6, 6.07) is -0.0764. The normalized spacial score (nSPS) is 12.8. The second-order valence-corrected chi connectivity index (χ2v) is 5.44. The van der Waals surface area contributed by atoms with Crippen LogP contribution < -0.4 is 5.32 Å². The fourth-order valence-electron chi connectivity index (χ4n) is 1.53. The number of carbonyl (C=O) groups is 1. The zero-order valence-electron chi connectivity index (χ0n) is 10.8. The fourth-order valence-corrected chi connectivity index (χ4v) is 2.00. The van der Waals surface area contributed by atoms with Crippen molar-refractivity contribution in [3.05, 3.63) is 12.2 Å². The molecule has 1 N–H and O–H groups in total. The number of amides is 1. The highest BCUT2D eigenvalue weighted by Gasteiger charge is 2.22. The molecule has 0 spiro atoms. The van der Waals surface area contributed by atoms with Gasteiger partial charge in [0.15, 0.2) is 0 Å². The molecule has 0 fully saturated rings. The van der Waals surface area contributed by atoms with Crippen molar-refractivity contribution in [2.75, 3.05) is 11.5 Å². The summed E-state index contributed by atoms with van der Waals surface area (Å²) in [5.74, 6) is 2.59. The molecular formula is C11H20N4OS. The summed E-state index contributed by atoms with van der Waals surface area (Å²) in [7, 11) is 1.84. The van der Waals surface area contributed by atoms with E-state index in [0.29, 0.717) is 5.75 Å². The van der Waals surface area contributed by atoms with Crippen molar-refractivity contribution < 1.29 is 4.79 Å². The zero-order valence-corrected chi connectivity index (χ0v) is 11.6. The molecular weight excluding hydrogens is 236 g/mol. The number of nitrogens with zero attached hydrogens (tertiary/aromatic N) is 3. The van der Waals surface area contributed by atoms with Crippen LogP contribution in [0.2, 0.25) is 0 Å². The Balaban J connectivity index is 2.68. The maximum Gasteiger partial charge on any atom is 0.230 e. The first-order valence-corrected chi connectivity index (χ1v) is 6.92. The molecule has 1 unspecified atom stereocenters. The fraction of sp³-hybridized carbons (Fsp3) is 0.727. The summed E-state index contributed by atoms with van der Waals surface area (Å²) in [5, 5.41) is 7.05. The highest BCUT2D eigenvalue weighted by Crippen LogP contribution is 2.18. The van der Waals surface area contributed by atoms with E-state index in [0.717, 1.165) is 11.6 Å². The minimum absolute atomic E-state index is 0.0542. The van der Waals surface area contributed by atoms with E-state index >= 15 is 0 Å². The predicted molar refractivity (Wildman–Crippen MR) is 69.7 cm³/mol. The Morgan fingerprint density at radius 2 is 2.29 bits per heavy atom. The third kappa shape index (κ3) is 4.03. The van der Waals surface area contributed by atoms with Crippen LogP contribution in [0.1, 0.15) is 32.6 Å². The average Bonchev–Trinajstić information content (AvgIpc) is 2.69. The van der Waals surface area contributed by atoms with E-state index in [1.807, 2.05) is 14.0 Å². The van der Waals surface area contributed by atoms with Crippen LogP contribution in [0.3, 0.4) is 0 Å². The predicted octanol–water partition coefficient (Wildman–Crippen LogP) is 1.38. The van der Waals surface area contributed by atoms with Gasteiger partial charge in [0.25, 0.3) is 0 Å². The first kappa shape index (κ1) is 14.0. The number of aromatic nitrogens is 3. The molecule has 0 saturated carbocycles. The third-order valence-electron chi connectivity index (χ3n) is 2.45. The van der Waals surface area contributed by atoms with Crippen LogP contribution >= 0.6 is 11.8 Å². The van der Waals surface area contributed by atoms with Crippen LogP contribution in [0.25, 0.3) is 0 Å². The van der Waals surface area contributed by atoms with Crippen LogP contribution in [0, 0.1) is 5.92 Å². The summed E-state index contributed by atoms with van der Waals surface area (Å²) in [5.41, 5.74) is 0. The Kier molecular flexibility index (Phi) is 5.47. The van der Waals surface area contributed by atoms with Crippen molar-refractivity contribution in [2.45, 2.75) is 26.8 Å². The lowest BCUT2D eigenvalue weighted by molar-refractivity contribution is -0.119. The molecule has 96 valence electrons. The number of hydrogen-bond donors (Lipinski definition) is 1. The molecule has 1 rings (SSSR count). The SMILES string of the molecule is CCSCC(=O)NC(c1ncnn1C)C(C)C. The summed E-state index contributed by atoms with van der Waals surface area (Å²) in [6.07, 6.45) is 1.51. The van der Waals surface area contributed by atoms with Gasteiger partial charge in [0.2, 0.25) is 5.91 Å². The van der Waals surface area contributed by atoms with Gasteiger partial charge in [-0.15, -0.1) is 0 Å². The first-order valence-electron chi connectivity index (χ1n) is 5.77. The van der Waals surface area contributed by atoms with E-state index in [-0.39, 0.29) is 17.9 Å². The molecule has 1 heterocycles. The molecule has 0 aromatic carbocycles. The summed E-state index contributed by atoms with van der Waals surface area (Å²) < 4.78 is 1.71. The Morgan fingerprint density at radius 1 is 1.59 bits per heavy atom. The van der Waals surface area contributed by atoms with Crippen LogP contribution in [0.4, 0.5) is 0 Å². The smallest absolute Gasteiger partial charge is 0.230 e. The molecule has 0 aliphatic heterocycles. The number of carbonyl (C=O) groups excluding carboxylic acids is 1. The van der Waals surface area contributed by atoms with Gasteiger partial charge in [0.05, 0.1) is 11.8 Å². The lowest BCUT2D eigenvalue weighted by Crippen LogP contribution is -2.34. The van der Waals surface area contributed by atoms with Crippen LogP contribution in [-0.2, 0) is 11.8 Å². The number of aryl methyl sites for hydroxylation is 1. The number of nitrogens with one attached hydrogen (secondary N) is 1. The molecule has 17 heavy (non-hydrogen) atoms. The standard InChI is InChI=1S/C11H20N4OS/c1-5-17-6-9(16)14-10(8(2)3)11-12-7-13-15(11)4/h7-8,10H,5-6H2,1-4H3,(H,14,16). The van der Waals surface area contributed by atoms with Crippen LogP contribution in [0.5, 0.6) is 0 Å². The molecule has 6 heteroatoms. The highest BCUT2D eigenvalue weighted by molar-refractivity contribution is 7.99. The maximum absolute atomic E-state index is 11.7. The van der Waals surface area contributed by atoms with Crippen molar-refractivity contribution in [2.24, 2.45) is 13.0 Å². The Labute approximate surface area is 106 Å². The van der Waals surface area contributed by atoms with Crippen molar-refractivity contribution in [3.8, 4) is 0 Å². The van der Waals surface area contributed by atoms with E-state index in [4.69, 9.17) is 0 Å². The third-order valence-corrected chi connectivity index (χ3v) is 3.32. The summed E-state index contributed by atoms with van der Waals surface area (Å²) in [6.45, 7) is 6.17. The average molecular weight is 256 g/mol. The Bertz CT molecular complexity index is 364. The molecule has 1 atom stereocenters. The lowest BCUT2D eigenvalue weighted by atomic mass is 10.0. The minimum Gasteiger partial charge on any atom is -0.345 e. The molecule has 0 aliphatic rings. The lowest BCUT2D eigenvalue weighted by Gasteiger charge is -2.21. The van der Waals surface area contributed by atoms with Crippen LogP contribution in [-0.4, -0.2) is 32.2 Å². The van der Waals surface area contributed by atoms with E-state index in [9.17, 15) is 4.79 Å². The minimum atomic E-state index is -0.0764. The van der Waals surface area contributed by atoms with Crippen molar-refractivity contribution in [1.29, 1.82) is 0 Å². The number of rotatable bonds is 6.